The van der Waals surface area contributed by atoms with E-state index in [-0.39, 0.29) is 17.9 Å². The van der Waals surface area contributed by atoms with Crippen molar-refractivity contribution in [3.05, 3.63) is 59.2 Å². The standard InChI is InChI=1S/C22H28N2O3/c1-6-15(3)23-22(26)18-11-7-8-12-19(18)24-21(25)17(5)27-20-13-9-10-14(2)16(20)4/h7-13,15,17H,6H2,1-5H3,(H,23,26)(H,24,25). The van der Waals surface area contributed by atoms with Crippen molar-refractivity contribution in [1.82, 2.24) is 5.32 Å². The minimum atomic E-state index is -0.698. The van der Waals surface area contributed by atoms with Gasteiger partial charge in [0.15, 0.2) is 6.10 Å². The van der Waals surface area contributed by atoms with Gasteiger partial charge in [0.2, 0.25) is 0 Å². The van der Waals surface area contributed by atoms with Gasteiger partial charge in [-0.25, -0.2) is 0 Å². The molecule has 0 spiro atoms. The van der Waals surface area contributed by atoms with Gasteiger partial charge in [-0.05, 0) is 63.4 Å². The summed E-state index contributed by atoms with van der Waals surface area (Å²) < 4.78 is 5.83. The van der Waals surface area contributed by atoms with Gasteiger partial charge >= 0.3 is 0 Å². The summed E-state index contributed by atoms with van der Waals surface area (Å²) in [7, 11) is 0. The van der Waals surface area contributed by atoms with Crippen molar-refractivity contribution in [2.45, 2.75) is 53.2 Å². The lowest BCUT2D eigenvalue weighted by Crippen LogP contribution is -2.34. The fraction of sp³-hybridized carbons (Fsp3) is 0.364. The zero-order chi connectivity index (χ0) is 20.0. The zero-order valence-corrected chi connectivity index (χ0v) is 16.6. The van der Waals surface area contributed by atoms with Crippen molar-refractivity contribution >= 4 is 17.5 Å². The summed E-state index contributed by atoms with van der Waals surface area (Å²) in [5, 5.41) is 5.73. The maximum atomic E-state index is 12.6. The maximum absolute atomic E-state index is 12.6. The smallest absolute Gasteiger partial charge is 0.265 e. The Morgan fingerprint density at radius 3 is 2.44 bits per heavy atom. The van der Waals surface area contributed by atoms with Crippen LogP contribution in [-0.2, 0) is 4.79 Å². The molecular weight excluding hydrogens is 340 g/mol. The molecule has 2 atom stereocenters. The molecule has 0 heterocycles. The van der Waals surface area contributed by atoms with Crippen molar-refractivity contribution in [2.24, 2.45) is 0 Å². The number of carbonyl (C=O) groups is 2. The lowest BCUT2D eigenvalue weighted by molar-refractivity contribution is -0.122. The first kappa shape index (κ1) is 20.5. The summed E-state index contributed by atoms with van der Waals surface area (Å²) in [4.78, 5) is 25.1. The molecule has 2 N–H and O–H groups in total. The molecule has 144 valence electrons. The number of benzene rings is 2. The Morgan fingerprint density at radius 2 is 1.74 bits per heavy atom. The molecule has 0 bridgehead atoms. The third-order valence-electron chi connectivity index (χ3n) is 4.65. The Bertz CT molecular complexity index is 817. The van der Waals surface area contributed by atoms with Gasteiger partial charge in [0, 0.05) is 6.04 Å². The summed E-state index contributed by atoms with van der Waals surface area (Å²) in [6, 6.07) is 12.8. The van der Waals surface area contributed by atoms with Crippen LogP contribution >= 0.6 is 0 Å². The largest absolute Gasteiger partial charge is 0.481 e. The van der Waals surface area contributed by atoms with Crippen LogP contribution in [0.3, 0.4) is 0 Å². The van der Waals surface area contributed by atoms with Gasteiger partial charge in [0.25, 0.3) is 11.8 Å². The van der Waals surface area contributed by atoms with E-state index in [9.17, 15) is 9.59 Å². The third-order valence-corrected chi connectivity index (χ3v) is 4.65. The SMILES string of the molecule is CCC(C)NC(=O)c1ccccc1NC(=O)C(C)Oc1cccc(C)c1C. The van der Waals surface area contributed by atoms with E-state index in [0.29, 0.717) is 17.0 Å². The molecular formula is C22H28N2O3. The molecule has 0 saturated carbocycles. The number of ether oxygens (including phenoxy) is 1. The quantitative estimate of drug-likeness (QED) is 0.768. The average molecular weight is 368 g/mol. The summed E-state index contributed by atoms with van der Waals surface area (Å²) in [5.74, 6) is 0.170. The number of rotatable bonds is 7. The molecule has 27 heavy (non-hydrogen) atoms. The van der Waals surface area contributed by atoms with Gasteiger partial charge in [-0.15, -0.1) is 0 Å². The van der Waals surface area contributed by atoms with Crippen molar-refractivity contribution in [1.29, 1.82) is 0 Å². The van der Waals surface area contributed by atoms with Crippen LogP contribution in [0.1, 0.15) is 48.7 Å². The minimum Gasteiger partial charge on any atom is -0.481 e. The lowest BCUT2D eigenvalue weighted by atomic mass is 10.1. The predicted molar refractivity (Wildman–Crippen MR) is 108 cm³/mol. The van der Waals surface area contributed by atoms with Gasteiger partial charge in [0.1, 0.15) is 5.75 Å². The van der Waals surface area contributed by atoms with E-state index in [1.54, 1.807) is 31.2 Å². The molecule has 2 amide bonds. The van der Waals surface area contributed by atoms with E-state index >= 15 is 0 Å². The first-order valence-electron chi connectivity index (χ1n) is 9.27. The van der Waals surface area contributed by atoms with Crippen LogP contribution < -0.4 is 15.4 Å². The lowest BCUT2D eigenvalue weighted by Gasteiger charge is -2.19. The number of hydrogen-bond acceptors (Lipinski definition) is 3. The molecule has 2 unspecified atom stereocenters. The monoisotopic (exact) mass is 368 g/mol. The van der Waals surface area contributed by atoms with Crippen molar-refractivity contribution in [2.75, 3.05) is 5.32 Å². The molecule has 2 rings (SSSR count). The van der Waals surface area contributed by atoms with Gasteiger partial charge in [-0.2, -0.15) is 0 Å². The Morgan fingerprint density at radius 1 is 1.04 bits per heavy atom. The Hall–Kier alpha value is -2.82. The second-order valence-corrected chi connectivity index (χ2v) is 6.78. The topological polar surface area (TPSA) is 67.4 Å². The molecule has 0 radical (unpaired) electrons. The summed E-state index contributed by atoms with van der Waals surface area (Å²) in [6.07, 6.45) is 0.136. The Kier molecular flexibility index (Phi) is 6.99. The highest BCUT2D eigenvalue weighted by molar-refractivity contribution is 6.04. The van der Waals surface area contributed by atoms with E-state index in [1.807, 2.05) is 45.9 Å². The van der Waals surface area contributed by atoms with Crippen molar-refractivity contribution in [3.63, 3.8) is 0 Å². The second-order valence-electron chi connectivity index (χ2n) is 6.78. The molecule has 2 aromatic carbocycles. The molecule has 0 aromatic heterocycles. The molecule has 2 aromatic rings. The molecule has 0 aliphatic carbocycles. The molecule has 5 nitrogen and oxygen atoms in total. The van der Waals surface area contributed by atoms with Gasteiger partial charge in [-0.1, -0.05) is 31.2 Å². The van der Waals surface area contributed by atoms with Crippen molar-refractivity contribution < 1.29 is 14.3 Å². The summed E-state index contributed by atoms with van der Waals surface area (Å²) in [5.41, 5.74) is 3.02. The normalized spacial score (nSPS) is 12.8. The van der Waals surface area contributed by atoms with E-state index < -0.39 is 6.10 Å². The first-order chi connectivity index (χ1) is 12.8. The van der Waals surface area contributed by atoms with E-state index in [4.69, 9.17) is 4.74 Å². The number of amides is 2. The van der Waals surface area contributed by atoms with Crippen LogP contribution in [0.25, 0.3) is 0 Å². The molecule has 0 saturated heterocycles. The fourth-order valence-corrected chi connectivity index (χ4v) is 2.52. The van der Waals surface area contributed by atoms with Gasteiger partial charge < -0.3 is 15.4 Å². The van der Waals surface area contributed by atoms with E-state index in [2.05, 4.69) is 10.6 Å². The van der Waals surface area contributed by atoms with Crippen LogP contribution in [0.15, 0.2) is 42.5 Å². The Balaban J connectivity index is 2.11. The second kappa shape index (κ2) is 9.21. The number of anilines is 1. The summed E-state index contributed by atoms with van der Waals surface area (Å²) in [6.45, 7) is 9.60. The maximum Gasteiger partial charge on any atom is 0.265 e. The average Bonchev–Trinajstić information content (AvgIpc) is 2.65. The number of para-hydroxylation sites is 1. The highest BCUT2D eigenvalue weighted by atomic mass is 16.5. The van der Waals surface area contributed by atoms with Crippen molar-refractivity contribution in [3.8, 4) is 5.75 Å². The zero-order valence-electron chi connectivity index (χ0n) is 16.6. The van der Waals surface area contributed by atoms with Gasteiger partial charge in [-0.3, -0.25) is 9.59 Å². The van der Waals surface area contributed by atoms with E-state index in [0.717, 1.165) is 17.5 Å². The number of aryl methyl sites for hydroxylation is 1. The number of carbonyl (C=O) groups excluding carboxylic acids is 2. The van der Waals surface area contributed by atoms with Crippen LogP contribution in [0.2, 0.25) is 0 Å². The Labute approximate surface area is 161 Å². The first-order valence-corrected chi connectivity index (χ1v) is 9.27. The van der Waals surface area contributed by atoms with Crippen LogP contribution in [0.4, 0.5) is 5.69 Å². The van der Waals surface area contributed by atoms with Crippen LogP contribution in [0.5, 0.6) is 5.75 Å². The molecule has 5 heteroatoms. The highest BCUT2D eigenvalue weighted by Gasteiger charge is 2.19. The number of hydrogen-bond donors (Lipinski definition) is 2. The van der Waals surface area contributed by atoms with Crippen LogP contribution in [0, 0.1) is 13.8 Å². The molecule has 0 aliphatic heterocycles. The minimum absolute atomic E-state index is 0.0628. The fourth-order valence-electron chi connectivity index (χ4n) is 2.52. The van der Waals surface area contributed by atoms with Gasteiger partial charge in [0.05, 0.1) is 11.3 Å². The predicted octanol–water partition coefficient (Wildman–Crippen LogP) is 4.24. The van der Waals surface area contributed by atoms with Crippen LogP contribution in [-0.4, -0.2) is 24.0 Å². The van der Waals surface area contributed by atoms with E-state index in [1.165, 1.54) is 0 Å². The molecule has 0 fully saturated rings. The highest BCUT2D eigenvalue weighted by Crippen LogP contribution is 2.22. The molecule has 0 aliphatic rings. The summed E-state index contributed by atoms with van der Waals surface area (Å²) >= 11 is 0. The third kappa shape index (κ3) is 5.33. The number of nitrogens with one attached hydrogen (secondary N) is 2.